The lowest BCUT2D eigenvalue weighted by atomic mass is 10.0. The van der Waals surface area contributed by atoms with Gasteiger partial charge < -0.3 is 19.6 Å². The van der Waals surface area contributed by atoms with Crippen molar-refractivity contribution < 1.29 is 19.6 Å². The Hall–Kier alpha value is -2.16. The van der Waals surface area contributed by atoms with Crippen LogP contribution in [0.15, 0.2) is 24.3 Å². The van der Waals surface area contributed by atoms with Crippen LogP contribution >= 0.6 is 11.3 Å². The topological polar surface area (TPSA) is 68.5 Å². The Balaban J connectivity index is 1.76. The molecule has 0 aliphatic carbocycles. The predicted octanol–water partition coefficient (Wildman–Crippen LogP) is -0.0399. The van der Waals surface area contributed by atoms with Crippen molar-refractivity contribution in [1.82, 2.24) is 14.6 Å². The minimum absolute atomic E-state index is 0.0482. The number of ether oxygens (including phenoxy) is 1. The van der Waals surface area contributed by atoms with Gasteiger partial charge in [0.15, 0.2) is 11.9 Å². The molecule has 1 saturated heterocycles. The fourth-order valence-corrected chi connectivity index (χ4v) is 5.25. The predicted molar refractivity (Wildman–Crippen MR) is 109 cm³/mol. The van der Waals surface area contributed by atoms with Gasteiger partial charge in [0.05, 0.1) is 13.7 Å². The van der Waals surface area contributed by atoms with E-state index in [0.29, 0.717) is 0 Å². The highest BCUT2D eigenvalue weighted by atomic mass is 32.1. The summed E-state index contributed by atoms with van der Waals surface area (Å²) in [7, 11) is 1.69. The summed E-state index contributed by atoms with van der Waals surface area (Å²) < 4.78 is 7.06. The third-order valence-corrected chi connectivity index (χ3v) is 6.84. The number of hydrogen-bond donors (Lipinski definition) is 3. The molecule has 0 saturated carbocycles. The van der Waals surface area contributed by atoms with Crippen molar-refractivity contribution in [1.29, 1.82) is 0 Å². The van der Waals surface area contributed by atoms with Crippen LogP contribution in [0.1, 0.15) is 36.2 Å². The molecule has 4 rings (SSSR count). The average molecular weight is 404 g/mol. The Morgan fingerprint density at radius 1 is 1.25 bits per heavy atom. The second-order valence-corrected chi connectivity index (χ2v) is 8.35. The summed E-state index contributed by atoms with van der Waals surface area (Å²) in [6, 6.07) is 8.25. The van der Waals surface area contributed by atoms with Crippen LogP contribution in [0, 0.1) is 0 Å². The van der Waals surface area contributed by atoms with E-state index in [4.69, 9.17) is 4.74 Å². The first-order valence-corrected chi connectivity index (χ1v) is 10.9. The van der Waals surface area contributed by atoms with Crippen LogP contribution in [-0.2, 0) is 6.42 Å². The van der Waals surface area contributed by atoms with E-state index in [0.717, 1.165) is 59.6 Å². The molecule has 2 aromatic heterocycles. The zero-order chi connectivity index (χ0) is 19.7. The third kappa shape index (κ3) is 3.47. The van der Waals surface area contributed by atoms with Crippen LogP contribution in [0.3, 0.4) is 0 Å². The van der Waals surface area contributed by atoms with Crippen LogP contribution in [0.2, 0.25) is 0 Å². The van der Waals surface area contributed by atoms with Gasteiger partial charge in [-0.2, -0.15) is 4.52 Å². The van der Waals surface area contributed by atoms with Crippen molar-refractivity contribution in [2.24, 2.45) is 0 Å². The van der Waals surface area contributed by atoms with Crippen molar-refractivity contribution in [3.8, 4) is 11.6 Å². The maximum Gasteiger partial charge on any atom is 0.235 e. The van der Waals surface area contributed by atoms with E-state index in [2.05, 4.69) is 29.1 Å². The molecular formula is C20H29N5O2S+2. The van der Waals surface area contributed by atoms with Gasteiger partial charge >= 0.3 is 0 Å². The second kappa shape index (κ2) is 8.06. The van der Waals surface area contributed by atoms with Gasteiger partial charge in [-0.15, -0.1) is 5.10 Å². The molecule has 28 heavy (non-hydrogen) atoms. The Bertz CT molecular complexity index is 945. The van der Waals surface area contributed by atoms with E-state index in [1.54, 1.807) is 27.9 Å². The van der Waals surface area contributed by atoms with E-state index >= 15 is 0 Å². The number of hydrogen-bond acceptors (Lipinski definition) is 5. The van der Waals surface area contributed by atoms with Gasteiger partial charge in [-0.05, 0) is 19.1 Å². The van der Waals surface area contributed by atoms with Gasteiger partial charge in [-0.3, -0.25) is 0 Å². The summed E-state index contributed by atoms with van der Waals surface area (Å²) in [6.07, 6.45) is 0.759. The highest BCUT2D eigenvalue weighted by molar-refractivity contribution is 7.17. The van der Waals surface area contributed by atoms with E-state index in [9.17, 15) is 5.11 Å². The number of aromatic nitrogens is 3. The molecule has 0 unspecified atom stereocenters. The average Bonchev–Trinajstić information content (AvgIpc) is 3.28. The molecule has 150 valence electrons. The standard InChI is InChI=1S/C20H27N5O2S/c1-4-16-21-20-25(22-16)19(26)18(28-20)17(14-7-6-8-15(13-14)27-3)24-11-9-23(5-2)10-12-24/h6-8,13,17,26H,4-5,9-12H2,1-3H3/p+2/t17-/m0/s1. The number of methoxy groups -OCH3 is 1. The Kier molecular flexibility index (Phi) is 5.52. The lowest BCUT2D eigenvalue weighted by Gasteiger charge is -2.34. The van der Waals surface area contributed by atoms with Crippen LogP contribution in [0.25, 0.3) is 4.96 Å². The van der Waals surface area contributed by atoms with E-state index in [1.807, 2.05) is 19.1 Å². The molecule has 3 aromatic rings. The number of rotatable bonds is 6. The highest BCUT2D eigenvalue weighted by Crippen LogP contribution is 2.35. The van der Waals surface area contributed by atoms with Gasteiger partial charge in [0.1, 0.15) is 36.8 Å². The Labute approximate surface area is 169 Å². The highest BCUT2D eigenvalue weighted by Gasteiger charge is 2.36. The molecule has 0 amide bonds. The molecule has 1 aromatic carbocycles. The molecule has 0 spiro atoms. The summed E-state index contributed by atoms with van der Waals surface area (Å²) >= 11 is 1.55. The zero-order valence-corrected chi connectivity index (χ0v) is 17.6. The molecule has 1 aliphatic rings. The fourth-order valence-electron chi connectivity index (χ4n) is 4.09. The normalized spacial score (nSPS) is 21.1. The Morgan fingerprint density at radius 2 is 2.04 bits per heavy atom. The molecule has 0 radical (unpaired) electrons. The largest absolute Gasteiger partial charge is 0.497 e. The monoisotopic (exact) mass is 403 g/mol. The number of piperazine rings is 1. The summed E-state index contributed by atoms with van der Waals surface area (Å²) in [5, 5.41) is 15.5. The third-order valence-electron chi connectivity index (χ3n) is 5.76. The number of fused-ring (bicyclic) bond motifs is 1. The van der Waals surface area contributed by atoms with Crippen molar-refractivity contribution in [3.05, 3.63) is 40.5 Å². The first-order valence-electron chi connectivity index (χ1n) is 10.0. The maximum absolute atomic E-state index is 11.0. The molecule has 8 heteroatoms. The van der Waals surface area contributed by atoms with Crippen LogP contribution in [0.4, 0.5) is 0 Å². The molecule has 1 fully saturated rings. The Morgan fingerprint density at radius 3 is 2.68 bits per heavy atom. The van der Waals surface area contributed by atoms with Gasteiger partial charge in [0.2, 0.25) is 10.8 Å². The van der Waals surface area contributed by atoms with E-state index in [-0.39, 0.29) is 11.9 Å². The fraction of sp³-hybridized carbons (Fsp3) is 0.500. The zero-order valence-electron chi connectivity index (χ0n) is 16.7. The number of benzene rings is 1. The summed E-state index contributed by atoms with van der Waals surface area (Å²) in [5.74, 6) is 1.82. The number of aryl methyl sites for hydroxylation is 1. The van der Waals surface area contributed by atoms with Crippen LogP contribution in [0.5, 0.6) is 11.6 Å². The van der Waals surface area contributed by atoms with Crippen molar-refractivity contribution in [2.45, 2.75) is 26.3 Å². The van der Waals surface area contributed by atoms with Crippen molar-refractivity contribution >= 4 is 16.3 Å². The minimum Gasteiger partial charge on any atom is -0.497 e. The van der Waals surface area contributed by atoms with Crippen molar-refractivity contribution in [2.75, 3.05) is 39.8 Å². The number of quaternary nitrogens is 2. The van der Waals surface area contributed by atoms with Crippen molar-refractivity contribution in [3.63, 3.8) is 0 Å². The number of nitrogens with zero attached hydrogens (tertiary/aromatic N) is 3. The summed E-state index contributed by atoms with van der Waals surface area (Å²) in [4.78, 5) is 9.37. The molecule has 0 bridgehead atoms. The van der Waals surface area contributed by atoms with Gasteiger partial charge in [-0.1, -0.05) is 30.4 Å². The maximum atomic E-state index is 11.0. The lowest BCUT2D eigenvalue weighted by Crippen LogP contribution is -3.28. The number of likely N-dealkylation sites (N-methyl/N-ethyl adjacent to an activating group) is 1. The SMILES string of the molecule is CCc1nc2sc([C@H](c3cccc(OC)c3)[NH+]3CC[NH+](CC)CC3)c(O)n2n1. The first-order chi connectivity index (χ1) is 13.6. The van der Waals surface area contributed by atoms with E-state index in [1.165, 1.54) is 11.4 Å². The first kappa shape index (κ1) is 19.2. The molecule has 7 nitrogen and oxygen atoms in total. The van der Waals surface area contributed by atoms with Gasteiger partial charge in [0, 0.05) is 12.0 Å². The molecule has 1 atom stereocenters. The summed E-state index contributed by atoms with van der Waals surface area (Å²) in [6.45, 7) is 9.87. The lowest BCUT2D eigenvalue weighted by molar-refractivity contribution is -1.02. The number of thiazole rings is 1. The van der Waals surface area contributed by atoms with Crippen LogP contribution in [-0.4, -0.2) is 59.5 Å². The smallest absolute Gasteiger partial charge is 0.235 e. The quantitative estimate of drug-likeness (QED) is 0.540. The summed E-state index contributed by atoms with van der Waals surface area (Å²) in [5.41, 5.74) is 1.16. The van der Waals surface area contributed by atoms with Crippen LogP contribution < -0.4 is 14.5 Å². The second-order valence-electron chi connectivity index (χ2n) is 7.34. The molecule has 3 N–H and O–H groups in total. The number of nitrogens with one attached hydrogen (secondary N) is 2. The van der Waals surface area contributed by atoms with Gasteiger partial charge in [0.25, 0.3) is 0 Å². The number of aromatic hydroxyl groups is 1. The minimum atomic E-state index is 0.0482. The van der Waals surface area contributed by atoms with Gasteiger partial charge in [-0.25, -0.2) is 4.98 Å². The molecule has 3 heterocycles. The molecule has 1 aliphatic heterocycles. The van der Waals surface area contributed by atoms with E-state index < -0.39 is 0 Å². The molecular weight excluding hydrogens is 374 g/mol.